The molecule has 2 atom stereocenters. The first-order valence-electron chi connectivity index (χ1n) is 7.94. The van der Waals surface area contributed by atoms with E-state index >= 15 is 0 Å². The van der Waals surface area contributed by atoms with Crippen LogP contribution >= 0.6 is 23.2 Å². The van der Waals surface area contributed by atoms with E-state index < -0.39 is 0 Å². The maximum atomic E-state index is 6.21. The molecule has 0 spiro atoms. The van der Waals surface area contributed by atoms with E-state index in [1.165, 1.54) is 0 Å². The molecule has 5 nitrogen and oxygen atoms in total. The Balaban J connectivity index is 1.75. The number of hydrogen-bond donors (Lipinski definition) is 1. The van der Waals surface area contributed by atoms with Gasteiger partial charge in [-0.05, 0) is 25.0 Å². The van der Waals surface area contributed by atoms with E-state index in [0.29, 0.717) is 22.3 Å². The van der Waals surface area contributed by atoms with Crippen LogP contribution in [-0.2, 0) is 18.3 Å². The van der Waals surface area contributed by atoms with Gasteiger partial charge in [-0.25, -0.2) is 0 Å². The molecule has 1 aliphatic rings. The van der Waals surface area contributed by atoms with Gasteiger partial charge in [0.2, 0.25) is 0 Å². The Hall–Kier alpha value is -1.27. The van der Waals surface area contributed by atoms with Crippen molar-refractivity contribution in [2.45, 2.75) is 31.5 Å². The van der Waals surface area contributed by atoms with Crippen molar-refractivity contribution in [3.05, 3.63) is 45.7 Å². The van der Waals surface area contributed by atoms with Crippen molar-refractivity contribution in [2.75, 3.05) is 13.7 Å². The molecule has 130 valence electrons. The van der Waals surface area contributed by atoms with E-state index in [1.54, 1.807) is 17.9 Å². The van der Waals surface area contributed by atoms with Crippen LogP contribution in [0.25, 0.3) is 0 Å². The van der Waals surface area contributed by atoms with Gasteiger partial charge < -0.3 is 14.8 Å². The molecule has 3 rings (SSSR count). The van der Waals surface area contributed by atoms with E-state index in [4.69, 9.17) is 32.7 Å². The number of hydrogen-bond acceptors (Lipinski definition) is 4. The summed E-state index contributed by atoms with van der Waals surface area (Å²) in [4.78, 5) is 0. The van der Waals surface area contributed by atoms with Crippen LogP contribution in [-0.4, -0.2) is 29.5 Å². The predicted molar refractivity (Wildman–Crippen MR) is 94.8 cm³/mol. The fourth-order valence-corrected chi connectivity index (χ4v) is 3.73. The van der Waals surface area contributed by atoms with E-state index in [-0.39, 0.29) is 12.1 Å². The van der Waals surface area contributed by atoms with Gasteiger partial charge in [-0.3, -0.25) is 4.68 Å². The first-order chi connectivity index (χ1) is 11.6. The molecule has 0 radical (unpaired) electrons. The minimum absolute atomic E-state index is 0.00639. The Morgan fingerprint density at radius 2 is 2.25 bits per heavy atom. The number of aromatic nitrogens is 2. The zero-order valence-corrected chi connectivity index (χ0v) is 15.3. The number of ether oxygens (including phenoxy) is 2. The molecule has 0 aliphatic carbocycles. The Kier molecular flexibility index (Phi) is 5.66. The molecule has 7 heteroatoms. The molecular weight excluding hydrogens is 349 g/mol. The highest BCUT2D eigenvalue weighted by atomic mass is 35.5. The third-order valence-corrected chi connectivity index (χ3v) is 4.72. The standard InChI is InChI=1S/C17H21Cl2N3O2/c1-22-10-12(9-21-22)17-15(4-3-5-24-17)20-8-11-6-13(18)7-14(19)16(11)23-2/h6-7,9-10,15,17,20H,3-5,8H2,1-2H3/t15-,17+/m0/s1. The molecule has 1 aliphatic heterocycles. The highest BCUT2D eigenvalue weighted by molar-refractivity contribution is 6.35. The number of methoxy groups -OCH3 is 1. The predicted octanol–water partition coefficient (Wildman–Crippen LogP) is 3.75. The monoisotopic (exact) mass is 369 g/mol. The molecule has 1 fully saturated rings. The summed E-state index contributed by atoms with van der Waals surface area (Å²) >= 11 is 12.3. The summed E-state index contributed by atoms with van der Waals surface area (Å²) in [6.45, 7) is 1.37. The molecule has 0 saturated carbocycles. The molecule has 24 heavy (non-hydrogen) atoms. The largest absolute Gasteiger partial charge is 0.495 e. The fourth-order valence-electron chi connectivity index (χ4n) is 3.12. The summed E-state index contributed by atoms with van der Waals surface area (Å²) in [5.41, 5.74) is 2.02. The van der Waals surface area contributed by atoms with Crippen molar-refractivity contribution in [3.63, 3.8) is 0 Å². The molecule has 0 bridgehead atoms. The van der Waals surface area contributed by atoms with Gasteiger partial charge in [0.05, 0.1) is 18.3 Å². The molecule has 1 aromatic carbocycles. The lowest BCUT2D eigenvalue weighted by molar-refractivity contribution is -0.0112. The maximum Gasteiger partial charge on any atom is 0.142 e. The van der Waals surface area contributed by atoms with Gasteiger partial charge in [0.1, 0.15) is 11.9 Å². The molecular formula is C17H21Cl2N3O2. The molecule has 1 N–H and O–H groups in total. The number of nitrogens with zero attached hydrogens (tertiary/aromatic N) is 2. The summed E-state index contributed by atoms with van der Waals surface area (Å²) in [5, 5.41) is 8.93. The van der Waals surface area contributed by atoms with Crippen molar-refractivity contribution in [2.24, 2.45) is 7.05 Å². The molecule has 1 aromatic heterocycles. The van der Waals surface area contributed by atoms with Crippen LogP contribution in [0.3, 0.4) is 0 Å². The van der Waals surface area contributed by atoms with Gasteiger partial charge >= 0.3 is 0 Å². The second-order valence-electron chi connectivity index (χ2n) is 5.95. The van der Waals surface area contributed by atoms with Crippen LogP contribution in [0.15, 0.2) is 24.5 Å². The second-order valence-corrected chi connectivity index (χ2v) is 6.79. The minimum Gasteiger partial charge on any atom is -0.495 e. The summed E-state index contributed by atoms with van der Waals surface area (Å²) in [5.74, 6) is 0.656. The van der Waals surface area contributed by atoms with Gasteiger partial charge in [0, 0.05) is 48.6 Å². The average Bonchev–Trinajstić information content (AvgIpc) is 2.99. The van der Waals surface area contributed by atoms with Gasteiger partial charge in [-0.15, -0.1) is 0 Å². The van der Waals surface area contributed by atoms with E-state index in [9.17, 15) is 0 Å². The smallest absolute Gasteiger partial charge is 0.142 e. The number of halogens is 2. The van der Waals surface area contributed by atoms with Crippen LogP contribution in [0.4, 0.5) is 0 Å². The number of nitrogens with one attached hydrogen (secondary N) is 1. The van der Waals surface area contributed by atoms with Crippen LogP contribution in [0.5, 0.6) is 5.75 Å². The maximum absolute atomic E-state index is 6.21. The SMILES string of the molecule is COc1c(Cl)cc(Cl)cc1CN[C@H]1CCCO[C@@H]1c1cnn(C)c1. The van der Waals surface area contributed by atoms with Gasteiger partial charge in [0.15, 0.2) is 0 Å². The number of aryl methyl sites for hydroxylation is 1. The summed E-state index contributed by atoms with van der Waals surface area (Å²) in [6, 6.07) is 3.76. The highest BCUT2D eigenvalue weighted by Gasteiger charge is 2.28. The molecule has 2 aromatic rings. The molecule has 0 unspecified atom stereocenters. The molecule has 1 saturated heterocycles. The lowest BCUT2D eigenvalue weighted by Gasteiger charge is -2.32. The van der Waals surface area contributed by atoms with Crippen LogP contribution in [0.2, 0.25) is 10.0 Å². The Morgan fingerprint density at radius 3 is 2.96 bits per heavy atom. The lowest BCUT2D eigenvalue weighted by atomic mass is 9.98. The topological polar surface area (TPSA) is 48.3 Å². The van der Waals surface area contributed by atoms with E-state index in [1.807, 2.05) is 25.5 Å². The first-order valence-corrected chi connectivity index (χ1v) is 8.69. The fraction of sp³-hybridized carbons (Fsp3) is 0.471. The van der Waals surface area contributed by atoms with Gasteiger partial charge in [0.25, 0.3) is 0 Å². The highest BCUT2D eigenvalue weighted by Crippen LogP contribution is 2.33. The Bertz CT molecular complexity index is 705. The van der Waals surface area contributed by atoms with Crippen LogP contribution in [0.1, 0.15) is 30.1 Å². The third-order valence-electron chi connectivity index (χ3n) is 4.22. The van der Waals surface area contributed by atoms with E-state index in [2.05, 4.69) is 10.4 Å². The number of rotatable bonds is 5. The van der Waals surface area contributed by atoms with Crippen molar-refractivity contribution in [1.82, 2.24) is 15.1 Å². The Morgan fingerprint density at radius 1 is 1.42 bits per heavy atom. The lowest BCUT2D eigenvalue weighted by Crippen LogP contribution is -2.39. The van der Waals surface area contributed by atoms with Gasteiger partial charge in [-0.1, -0.05) is 23.2 Å². The zero-order chi connectivity index (χ0) is 17.1. The Labute approximate surface area is 151 Å². The van der Waals surface area contributed by atoms with Crippen molar-refractivity contribution in [1.29, 1.82) is 0 Å². The van der Waals surface area contributed by atoms with Crippen molar-refractivity contribution in [3.8, 4) is 5.75 Å². The summed E-state index contributed by atoms with van der Waals surface area (Å²) < 4.78 is 13.2. The third kappa shape index (κ3) is 3.86. The van der Waals surface area contributed by atoms with Crippen molar-refractivity contribution < 1.29 is 9.47 Å². The van der Waals surface area contributed by atoms with Crippen LogP contribution < -0.4 is 10.1 Å². The molecule has 0 amide bonds. The van der Waals surface area contributed by atoms with E-state index in [0.717, 1.165) is 30.6 Å². The number of benzene rings is 1. The van der Waals surface area contributed by atoms with Crippen LogP contribution in [0, 0.1) is 0 Å². The summed E-state index contributed by atoms with van der Waals surface area (Å²) in [6.07, 6.45) is 5.93. The summed E-state index contributed by atoms with van der Waals surface area (Å²) in [7, 11) is 3.52. The zero-order valence-electron chi connectivity index (χ0n) is 13.8. The average molecular weight is 370 g/mol. The van der Waals surface area contributed by atoms with Gasteiger partial charge in [-0.2, -0.15) is 5.10 Å². The van der Waals surface area contributed by atoms with Crippen molar-refractivity contribution >= 4 is 23.2 Å². The normalized spacial score (nSPS) is 21.0. The molecule has 2 heterocycles. The quantitative estimate of drug-likeness (QED) is 0.871. The first kappa shape index (κ1) is 17.5. The second kappa shape index (κ2) is 7.74. The minimum atomic E-state index is -0.00639.